The van der Waals surface area contributed by atoms with Crippen LogP contribution in [0.25, 0.3) is 4.85 Å². The van der Waals surface area contributed by atoms with Crippen LogP contribution in [0.3, 0.4) is 0 Å². The number of aldehydes is 1. The molecule has 3 aromatic carbocycles. The number of carbonyl (C=O) groups is 11. The predicted molar refractivity (Wildman–Crippen MR) is 430 cm³/mol. The van der Waals surface area contributed by atoms with E-state index in [1.165, 1.54) is 62.2 Å². The van der Waals surface area contributed by atoms with Crippen LogP contribution in [0.1, 0.15) is 231 Å². The van der Waals surface area contributed by atoms with Crippen molar-refractivity contribution in [3.63, 3.8) is 0 Å². The van der Waals surface area contributed by atoms with E-state index in [4.69, 9.17) is 40.8 Å². The molecule has 3 unspecified atom stereocenters. The number of aryl methyl sites for hydroxylation is 3. The fourth-order valence-electron chi connectivity index (χ4n) is 12.8. The van der Waals surface area contributed by atoms with Crippen LogP contribution in [0.4, 0.5) is 22.8 Å². The fraction of sp³-hybridized carbons (Fsp3) is 0.643. The van der Waals surface area contributed by atoms with Crippen molar-refractivity contribution in [3.8, 4) is 0 Å². The molecular weight excluding hydrogens is 1510 g/mol. The molecule has 3 aromatic rings. The number of alkyl halides is 3. The van der Waals surface area contributed by atoms with E-state index >= 15 is 0 Å². The molecule has 3 aliphatic carbocycles. The molecule has 0 bridgehead atoms. The van der Waals surface area contributed by atoms with E-state index in [2.05, 4.69) is 81.7 Å². The third-order valence-corrected chi connectivity index (χ3v) is 20.0. The molecule has 2 saturated heterocycles. The summed E-state index contributed by atoms with van der Waals surface area (Å²) in [6, 6.07) is 18.8. The Morgan fingerprint density at radius 2 is 1.09 bits per heavy atom. The minimum Gasteiger partial charge on any atom is -0.480 e. The Kier molecular flexibility index (Phi) is 44.8. The van der Waals surface area contributed by atoms with Gasteiger partial charge in [0.2, 0.25) is 41.5 Å². The van der Waals surface area contributed by atoms with Crippen molar-refractivity contribution in [2.45, 2.75) is 283 Å². The zero-order valence-corrected chi connectivity index (χ0v) is 70.5. The van der Waals surface area contributed by atoms with Crippen molar-refractivity contribution in [1.82, 2.24) is 47.4 Å². The number of carboxylic acids is 1. The Morgan fingerprint density at radius 3 is 1.51 bits per heavy atom. The van der Waals surface area contributed by atoms with Crippen molar-refractivity contribution < 1.29 is 105 Å². The van der Waals surface area contributed by atoms with E-state index in [0.717, 1.165) is 85.9 Å². The van der Waals surface area contributed by atoms with Gasteiger partial charge in [-0.05, 0) is 186 Å². The summed E-state index contributed by atoms with van der Waals surface area (Å²) in [5.74, 6) is -4.03. The van der Waals surface area contributed by atoms with Gasteiger partial charge in [-0.3, -0.25) is 43.4 Å². The number of hydrogen-bond donors (Lipinski definition) is 10. The van der Waals surface area contributed by atoms with Crippen LogP contribution in [0.2, 0.25) is 0 Å². The minimum absolute atomic E-state index is 0. The maximum atomic E-state index is 13.5. The highest BCUT2D eigenvalue weighted by molar-refractivity contribution is 5.95. The Morgan fingerprint density at radius 1 is 0.638 bits per heavy atom. The van der Waals surface area contributed by atoms with Crippen LogP contribution in [-0.2, 0) is 81.4 Å². The Balaban J connectivity index is 0.000000525. The number of rotatable bonds is 26. The van der Waals surface area contributed by atoms with Gasteiger partial charge >= 0.3 is 24.3 Å². The number of ketones is 1. The van der Waals surface area contributed by atoms with Crippen LogP contribution in [0, 0.1) is 24.3 Å². The van der Waals surface area contributed by atoms with Crippen molar-refractivity contribution in [2.24, 2.45) is 17.8 Å². The molecule has 2 heterocycles. The zero-order chi connectivity index (χ0) is 86.7. The lowest BCUT2D eigenvalue weighted by Gasteiger charge is -2.38. The second-order valence-corrected chi connectivity index (χ2v) is 31.8. The van der Waals surface area contributed by atoms with Gasteiger partial charge in [0.25, 0.3) is 0 Å². The molecule has 650 valence electrons. The number of methoxy groups -OCH3 is 1. The smallest absolute Gasteiger partial charge is 0.411 e. The van der Waals surface area contributed by atoms with E-state index in [0.29, 0.717) is 38.0 Å². The summed E-state index contributed by atoms with van der Waals surface area (Å²) in [5, 5.41) is 48.6. The number of aliphatic hydroxyl groups is 3. The molecule has 13 atom stereocenters. The predicted octanol–water partition coefficient (Wildman–Crippen LogP) is 10.5. The van der Waals surface area contributed by atoms with E-state index < -0.39 is 115 Å². The SMILES string of the molecule is CC(C)CCC=O.CC[C@@H](C)C(=O)N[C@H]1CO[C@H]2CCC(C(=O)N[C@@H]3CCCc4ccccc43)N2C1=O.COC(C)CCC(CC(=O)[C@H](CO)NC(=O)[C@H](C)N(C)C(=O)OC(C)(C)C)C(=O)N[C@@H]1CCCc2ccccc21.C[C@@H](C(=O)N[C@@H](CO)C(=O)O)N(C)C(=O)OC(C)(C)C.N.OCC(F)(F)F.[C-]#[N+][C@@H]1CCCc2ccccc21. The van der Waals surface area contributed by atoms with Crippen LogP contribution in [0.15, 0.2) is 72.8 Å². The quantitative estimate of drug-likeness (QED) is 0.0264. The summed E-state index contributed by atoms with van der Waals surface area (Å²) in [4.78, 5) is 142. The van der Waals surface area contributed by atoms with Gasteiger partial charge in [-0.2, -0.15) is 13.2 Å². The summed E-state index contributed by atoms with van der Waals surface area (Å²) < 4.78 is 53.2. The molecule has 2 fully saturated rings. The normalized spacial score (nSPS) is 19.5. The standard InChI is InChI=1S/C30H47N3O7.C23H31N3O4.C12H22N2O6.C11H11N.C6H12O.C2H3F3O.H3N/c1-19(39-7)15-16-22(28(37)31-24-14-10-12-21-11-8-9-13-23(21)24)17-26(35)25(18-34)32-27(36)20(2)33(6)29(38)40-30(3,4)5;1-3-14(2)21(27)25-18-13-30-20-12-11-19(26(20)23(18)29)22(28)24-17-10-6-8-15-7-4-5-9-16(15)17;1-7(9(16)13-8(6-15)10(17)18)14(5)11(19)20-12(2,3)4;1-12-11-8-4-6-9-5-2-3-7-10(9)11;1-6(2)4-3-5-7;3-2(4,5)1-6;/h8-9,11,13,19-20,22,24-25,34H,10,12,14-18H2,1-7H3,(H,31,37)(H,32,36);4-5,7,9,14,17-20H,3,6,8,10-13H2,1-2H3,(H,24,28)(H,25,27);7-8,15H,6H2,1-5H3,(H,13,16)(H,17,18);2-3,5,7,11H,4,6,8H2;5-6H,3-4H2,1-2H3;6H,1H2;1H3/t19?,20-,22?,24+,25-;14-,17-,18+,19?,20+;7-,8-;11-;;;/m0101.../s1. The van der Waals surface area contributed by atoms with Crippen LogP contribution < -0.4 is 32.7 Å². The lowest BCUT2D eigenvalue weighted by molar-refractivity contribution is -0.167. The van der Waals surface area contributed by atoms with Gasteiger partial charge in [0, 0.05) is 57.9 Å². The van der Waals surface area contributed by atoms with E-state index in [9.17, 15) is 71.0 Å². The number of carboxylic acid groups (broad SMARTS) is 1. The molecule has 12 N–H and O–H groups in total. The number of nitrogens with zero attached hydrogens (tertiary/aromatic N) is 4. The molecule has 8 amide bonds. The maximum Gasteiger partial charge on any atom is 0.411 e. The van der Waals surface area contributed by atoms with Gasteiger partial charge in [-0.15, -0.1) is 0 Å². The highest BCUT2D eigenvalue weighted by Gasteiger charge is 2.48. The molecule has 5 aliphatic rings. The summed E-state index contributed by atoms with van der Waals surface area (Å²) in [5.41, 5.74) is 5.98. The third kappa shape index (κ3) is 35.0. The number of carbonyl (C=O) groups excluding carboxylic acids is 10. The maximum absolute atomic E-state index is 13.5. The first kappa shape index (κ1) is 103. The number of nitrogens with one attached hydrogen (secondary N) is 5. The number of Topliss-reactive ketones (excluding diaryl/α,β-unsaturated/α-hetero) is 1. The van der Waals surface area contributed by atoms with Crippen molar-refractivity contribution in [2.75, 3.05) is 47.6 Å². The van der Waals surface area contributed by atoms with E-state index in [1.807, 2.05) is 57.2 Å². The van der Waals surface area contributed by atoms with Crippen LogP contribution in [0.5, 0.6) is 0 Å². The molecule has 0 spiro atoms. The lowest BCUT2D eigenvalue weighted by atomic mass is 9.86. The van der Waals surface area contributed by atoms with Crippen molar-refractivity contribution >= 4 is 65.7 Å². The van der Waals surface area contributed by atoms with Gasteiger partial charge in [-0.25, -0.2) is 21.0 Å². The summed E-state index contributed by atoms with van der Waals surface area (Å²) in [6.45, 7) is 27.2. The second-order valence-electron chi connectivity index (χ2n) is 31.8. The Bertz CT molecular complexity index is 3680. The zero-order valence-electron chi connectivity index (χ0n) is 70.5. The summed E-state index contributed by atoms with van der Waals surface area (Å²) >= 11 is 0. The molecule has 2 aliphatic heterocycles. The molecular formula is C84H129F3N10O19. The van der Waals surface area contributed by atoms with Gasteiger partial charge in [0.1, 0.15) is 66.6 Å². The molecule has 8 rings (SSSR count). The van der Waals surface area contributed by atoms with Crippen molar-refractivity contribution in [3.05, 3.63) is 118 Å². The minimum atomic E-state index is -4.40. The lowest BCUT2D eigenvalue weighted by Crippen LogP contribution is -2.61. The molecule has 29 nitrogen and oxygen atoms in total. The molecule has 0 saturated carbocycles. The highest BCUT2D eigenvalue weighted by Crippen LogP contribution is 2.35. The number of amides is 8. The van der Waals surface area contributed by atoms with Crippen molar-refractivity contribution in [1.29, 1.82) is 0 Å². The number of ether oxygens (including phenoxy) is 4. The van der Waals surface area contributed by atoms with Gasteiger partial charge in [0.05, 0.1) is 38.0 Å². The first-order valence-electron chi connectivity index (χ1n) is 39.6. The molecule has 116 heavy (non-hydrogen) atoms. The fourth-order valence-corrected chi connectivity index (χ4v) is 12.8. The first-order valence-corrected chi connectivity index (χ1v) is 39.6. The van der Waals surface area contributed by atoms with E-state index in [1.54, 1.807) is 53.6 Å². The Hall–Kier alpha value is -9.13. The van der Waals surface area contributed by atoms with Crippen LogP contribution in [-0.4, -0.2) is 214 Å². The van der Waals surface area contributed by atoms with Crippen LogP contribution >= 0.6 is 0 Å². The number of aliphatic hydroxyl groups excluding tert-OH is 3. The number of benzene rings is 3. The average Bonchev–Trinajstić information content (AvgIpc) is 1.58. The molecule has 0 aromatic heterocycles. The highest BCUT2D eigenvalue weighted by atomic mass is 19.4. The topological polar surface area (TPSA) is 415 Å². The average molecular weight is 1640 g/mol. The summed E-state index contributed by atoms with van der Waals surface area (Å²) in [6.07, 6.45) is 8.26. The van der Waals surface area contributed by atoms with Gasteiger partial charge < -0.3 is 86.6 Å². The number of hydrogen-bond acceptors (Lipinski definition) is 19. The van der Waals surface area contributed by atoms with Gasteiger partial charge in [0.15, 0.2) is 5.78 Å². The summed E-state index contributed by atoms with van der Waals surface area (Å²) in [7, 11) is 4.39. The second kappa shape index (κ2) is 50.5. The molecule has 0 radical (unpaired) electrons. The number of halogens is 3. The van der Waals surface area contributed by atoms with Gasteiger partial charge in [-0.1, -0.05) is 100 Å². The monoisotopic (exact) mass is 1640 g/mol. The molecule has 32 heteroatoms. The Labute approximate surface area is 681 Å². The number of likely N-dealkylation sites (N-methyl/N-ethyl adjacent to an activating group) is 2. The number of aliphatic carboxylic acids is 1. The first-order chi connectivity index (χ1) is 54.0. The third-order valence-electron chi connectivity index (χ3n) is 20.0. The van der Waals surface area contributed by atoms with E-state index in [-0.39, 0.29) is 79.2 Å². The number of fused-ring (bicyclic) bond motifs is 4. The largest absolute Gasteiger partial charge is 0.480 e.